The second-order valence-corrected chi connectivity index (χ2v) is 1.48. The van der Waals surface area contributed by atoms with E-state index in [1.165, 1.54) is 0 Å². The molecule has 0 aromatic carbocycles. The van der Waals surface area contributed by atoms with Crippen LogP contribution >= 0.6 is 0 Å². The molecule has 2 nitrogen and oxygen atoms in total. The second-order valence-electron chi connectivity index (χ2n) is 1.48. The Kier molecular flexibility index (Phi) is 18.3. The fraction of sp³-hybridized carbons (Fsp3) is 0.333. The van der Waals surface area contributed by atoms with Crippen LogP contribution in [0, 0.1) is 12.3 Å². The molecule has 62 valence electrons. The van der Waals surface area contributed by atoms with Crippen molar-refractivity contribution in [2.24, 2.45) is 0 Å². The summed E-state index contributed by atoms with van der Waals surface area (Å²) in [6.07, 6.45) is 7.95. The summed E-state index contributed by atoms with van der Waals surface area (Å²) in [6.45, 7) is 8.03. The Balaban J connectivity index is 0. The SMILES string of the molecule is C#CCO.C=CCOCC=C. The van der Waals surface area contributed by atoms with Crippen LogP contribution < -0.4 is 0 Å². The number of ether oxygens (including phenoxy) is 1. The van der Waals surface area contributed by atoms with Gasteiger partial charge in [-0.2, -0.15) is 0 Å². The largest absolute Gasteiger partial charge is 0.384 e. The molecule has 0 spiro atoms. The summed E-state index contributed by atoms with van der Waals surface area (Å²) in [6, 6.07) is 0. The van der Waals surface area contributed by atoms with Crippen molar-refractivity contribution in [2.75, 3.05) is 19.8 Å². The Hall–Kier alpha value is -1.04. The first-order chi connectivity index (χ1) is 5.33. The van der Waals surface area contributed by atoms with Crippen molar-refractivity contribution >= 4 is 0 Å². The van der Waals surface area contributed by atoms with Gasteiger partial charge in [-0.1, -0.05) is 18.1 Å². The van der Waals surface area contributed by atoms with E-state index in [4.69, 9.17) is 9.84 Å². The van der Waals surface area contributed by atoms with E-state index in [9.17, 15) is 0 Å². The molecule has 0 aliphatic rings. The molecule has 1 N–H and O–H groups in total. The molecule has 0 heterocycles. The second kappa shape index (κ2) is 16.0. The molecule has 0 aliphatic heterocycles. The molecular weight excluding hydrogens is 140 g/mol. The first-order valence-corrected chi connectivity index (χ1v) is 3.17. The maximum atomic E-state index is 7.64. The highest BCUT2D eigenvalue weighted by molar-refractivity contribution is 4.81. The number of rotatable bonds is 4. The van der Waals surface area contributed by atoms with Crippen molar-refractivity contribution in [3.63, 3.8) is 0 Å². The molecule has 2 heteroatoms. The monoisotopic (exact) mass is 154 g/mol. The van der Waals surface area contributed by atoms with Crippen LogP contribution in [0.5, 0.6) is 0 Å². The molecule has 0 radical (unpaired) electrons. The molecule has 0 amide bonds. The summed E-state index contributed by atoms with van der Waals surface area (Å²) >= 11 is 0. The highest BCUT2D eigenvalue weighted by atomic mass is 16.5. The highest BCUT2D eigenvalue weighted by Crippen LogP contribution is 1.72. The molecule has 0 saturated carbocycles. The van der Waals surface area contributed by atoms with Crippen molar-refractivity contribution in [3.8, 4) is 12.3 Å². The Morgan fingerprint density at radius 2 is 1.73 bits per heavy atom. The topological polar surface area (TPSA) is 29.5 Å². The molecular formula is C9H14O2. The number of terminal acetylenes is 1. The third-order valence-corrected chi connectivity index (χ3v) is 0.563. The van der Waals surface area contributed by atoms with Gasteiger partial charge in [0, 0.05) is 0 Å². The smallest absolute Gasteiger partial charge is 0.103 e. The standard InChI is InChI=1S/C6H10O.C3H4O/c1-3-5-7-6-4-2;1-2-3-4/h3-4H,1-2,5-6H2;1,4H,3H2. The van der Waals surface area contributed by atoms with Crippen LogP contribution in [0.3, 0.4) is 0 Å². The Bertz CT molecular complexity index is 114. The third-order valence-electron chi connectivity index (χ3n) is 0.563. The minimum absolute atomic E-state index is 0.153. The molecule has 0 aromatic rings. The summed E-state index contributed by atoms with van der Waals surface area (Å²) in [7, 11) is 0. The molecule has 0 unspecified atom stereocenters. The van der Waals surface area contributed by atoms with Crippen molar-refractivity contribution in [1.82, 2.24) is 0 Å². The lowest BCUT2D eigenvalue weighted by molar-refractivity contribution is 0.194. The predicted octanol–water partition coefficient (Wildman–Crippen LogP) is 0.987. The number of aliphatic hydroxyl groups is 1. The Labute approximate surface area is 68.2 Å². The van der Waals surface area contributed by atoms with Crippen LogP contribution in [0.25, 0.3) is 0 Å². The zero-order valence-corrected chi connectivity index (χ0v) is 6.62. The molecule has 0 aromatic heterocycles. The van der Waals surface area contributed by atoms with Gasteiger partial charge in [0.25, 0.3) is 0 Å². The van der Waals surface area contributed by atoms with E-state index in [2.05, 4.69) is 19.6 Å². The molecule has 0 rings (SSSR count). The van der Waals surface area contributed by atoms with Gasteiger partial charge in [0.1, 0.15) is 6.61 Å². The Morgan fingerprint density at radius 3 is 1.91 bits per heavy atom. The molecule has 11 heavy (non-hydrogen) atoms. The van der Waals surface area contributed by atoms with Gasteiger partial charge in [-0.3, -0.25) is 0 Å². The van der Waals surface area contributed by atoms with E-state index in [0.29, 0.717) is 13.2 Å². The van der Waals surface area contributed by atoms with Gasteiger partial charge in [-0.05, 0) is 0 Å². The average molecular weight is 154 g/mol. The molecule has 0 fully saturated rings. The number of aliphatic hydroxyl groups excluding tert-OH is 1. The first-order valence-electron chi connectivity index (χ1n) is 3.17. The fourth-order valence-corrected chi connectivity index (χ4v) is 0.235. The third kappa shape index (κ3) is 27.7. The van der Waals surface area contributed by atoms with Gasteiger partial charge >= 0.3 is 0 Å². The zero-order valence-electron chi connectivity index (χ0n) is 6.62. The van der Waals surface area contributed by atoms with Crippen LogP contribution in [0.4, 0.5) is 0 Å². The van der Waals surface area contributed by atoms with Gasteiger partial charge < -0.3 is 9.84 Å². The minimum Gasteiger partial charge on any atom is -0.384 e. The van der Waals surface area contributed by atoms with E-state index >= 15 is 0 Å². The predicted molar refractivity (Wildman–Crippen MR) is 47.1 cm³/mol. The summed E-state index contributed by atoms with van der Waals surface area (Å²) in [4.78, 5) is 0. The van der Waals surface area contributed by atoms with Crippen molar-refractivity contribution in [3.05, 3.63) is 25.3 Å². The van der Waals surface area contributed by atoms with Crippen molar-refractivity contribution in [2.45, 2.75) is 0 Å². The maximum Gasteiger partial charge on any atom is 0.103 e. The lowest BCUT2D eigenvalue weighted by Gasteiger charge is -1.89. The highest BCUT2D eigenvalue weighted by Gasteiger charge is 1.70. The number of hydrogen-bond acceptors (Lipinski definition) is 2. The normalized spacial score (nSPS) is 6.91. The van der Waals surface area contributed by atoms with Crippen LogP contribution in [0.15, 0.2) is 25.3 Å². The van der Waals surface area contributed by atoms with Gasteiger partial charge in [-0.15, -0.1) is 19.6 Å². The summed E-state index contributed by atoms with van der Waals surface area (Å²) in [5.41, 5.74) is 0. The maximum absolute atomic E-state index is 7.64. The van der Waals surface area contributed by atoms with E-state index < -0.39 is 0 Å². The van der Waals surface area contributed by atoms with Crippen LogP contribution in [0.1, 0.15) is 0 Å². The van der Waals surface area contributed by atoms with Gasteiger partial charge in [0.05, 0.1) is 13.2 Å². The van der Waals surface area contributed by atoms with E-state index in [-0.39, 0.29) is 6.61 Å². The van der Waals surface area contributed by atoms with E-state index in [1.807, 2.05) is 5.92 Å². The van der Waals surface area contributed by atoms with Crippen LogP contribution in [-0.2, 0) is 4.74 Å². The van der Waals surface area contributed by atoms with E-state index in [0.717, 1.165) is 0 Å². The van der Waals surface area contributed by atoms with Gasteiger partial charge in [0.2, 0.25) is 0 Å². The molecule has 0 saturated heterocycles. The quantitative estimate of drug-likeness (QED) is 0.371. The number of hydrogen-bond donors (Lipinski definition) is 1. The van der Waals surface area contributed by atoms with Crippen molar-refractivity contribution < 1.29 is 9.84 Å². The molecule has 0 atom stereocenters. The zero-order chi connectivity index (χ0) is 8.95. The summed E-state index contributed by atoms with van der Waals surface area (Å²) < 4.78 is 4.90. The minimum atomic E-state index is -0.153. The molecule has 0 aliphatic carbocycles. The lowest BCUT2D eigenvalue weighted by atomic mass is 10.6. The van der Waals surface area contributed by atoms with Gasteiger partial charge in [-0.25, -0.2) is 0 Å². The summed E-state index contributed by atoms with van der Waals surface area (Å²) in [5, 5.41) is 7.64. The first kappa shape index (κ1) is 12.6. The van der Waals surface area contributed by atoms with Crippen LogP contribution in [-0.4, -0.2) is 24.9 Å². The van der Waals surface area contributed by atoms with Crippen LogP contribution in [0.2, 0.25) is 0 Å². The van der Waals surface area contributed by atoms with E-state index in [1.54, 1.807) is 12.2 Å². The lowest BCUT2D eigenvalue weighted by Crippen LogP contribution is -1.87. The fourth-order valence-electron chi connectivity index (χ4n) is 0.235. The summed E-state index contributed by atoms with van der Waals surface area (Å²) in [5.74, 6) is 1.99. The molecule has 0 bridgehead atoms. The Morgan fingerprint density at radius 1 is 1.36 bits per heavy atom. The van der Waals surface area contributed by atoms with Gasteiger partial charge in [0.15, 0.2) is 0 Å². The average Bonchev–Trinajstić information content (AvgIpc) is 2.06. The van der Waals surface area contributed by atoms with Crippen molar-refractivity contribution in [1.29, 1.82) is 0 Å².